The van der Waals surface area contributed by atoms with Crippen molar-refractivity contribution in [3.05, 3.63) is 29.8 Å². The highest BCUT2D eigenvalue weighted by Gasteiger charge is 2.34. The summed E-state index contributed by atoms with van der Waals surface area (Å²) < 4.78 is 25.0. The Bertz CT molecular complexity index is 940. The summed E-state index contributed by atoms with van der Waals surface area (Å²) in [6, 6.07) is 7.73. The minimum Gasteiger partial charge on any atom is -0.341 e. The lowest BCUT2D eigenvalue weighted by atomic mass is 10.0. The van der Waals surface area contributed by atoms with E-state index < -0.39 is 15.1 Å². The van der Waals surface area contributed by atoms with Crippen LogP contribution in [0.4, 0.5) is 0 Å². The van der Waals surface area contributed by atoms with E-state index in [9.17, 15) is 13.2 Å². The van der Waals surface area contributed by atoms with Gasteiger partial charge in [-0.3, -0.25) is 4.79 Å². The van der Waals surface area contributed by atoms with Gasteiger partial charge in [0.25, 0.3) is 0 Å². The van der Waals surface area contributed by atoms with E-state index in [4.69, 9.17) is 0 Å². The maximum absolute atomic E-state index is 12.8. The zero-order valence-electron chi connectivity index (χ0n) is 16.4. The van der Waals surface area contributed by atoms with Crippen LogP contribution in [0.15, 0.2) is 29.4 Å². The fourth-order valence-electron chi connectivity index (χ4n) is 3.17. The van der Waals surface area contributed by atoms with Crippen LogP contribution in [0.1, 0.15) is 38.7 Å². The van der Waals surface area contributed by atoms with Crippen LogP contribution in [0.5, 0.6) is 0 Å². The van der Waals surface area contributed by atoms with Crippen LogP contribution in [0.3, 0.4) is 0 Å². The molecule has 2 aromatic rings. The van der Waals surface area contributed by atoms with Gasteiger partial charge in [-0.25, -0.2) is 8.42 Å². The predicted octanol–water partition coefficient (Wildman–Crippen LogP) is 1.91. The Morgan fingerprint density at radius 2 is 1.93 bits per heavy atom. The SMILES string of the molecule is CC(C)c1ccc(-n2nnnc2S[C@@H](C)C(=O)N(C)[C@@H]2CCS(=O)(=O)C2)cc1. The molecule has 0 unspecified atom stereocenters. The van der Waals surface area contributed by atoms with Crippen molar-refractivity contribution in [3.8, 4) is 5.69 Å². The highest BCUT2D eigenvalue weighted by atomic mass is 32.2. The van der Waals surface area contributed by atoms with Crippen molar-refractivity contribution in [2.75, 3.05) is 18.6 Å². The van der Waals surface area contributed by atoms with E-state index in [1.165, 1.54) is 17.3 Å². The Morgan fingerprint density at radius 3 is 2.50 bits per heavy atom. The van der Waals surface area contributed by atoms with E-state index in [0.29, 0.717) is 17.5 Å². The van der Waals surface area contributed by atoms with Crippen molar-refractivity contribution in [1.82, 2.24) is 25.1 Å². The number of carbonyl (C=O) groups is 1. The number of hydrogen-bond donors (Lipinski definition) is 0. The topological polar surface area (TPSA) is 98.1 Å². The number of thioether (sulfide) groups is 1. The van der Waals surface area contributed by atoms with Crippen molar-refractivity contribution in [2.24, 2.45) is 0 Å². The van der Waals surface area contributed by atoms with Crippen LogP contribution in [0.2, 0.25) is 0 Å². The summed E-state index contributed by atoms with van der Waals surface area (Å²) in [5.41, 5.74) is 2.05. The van der Waals surface area contributed by atoms with E-state index in [0.717, 1.165) is 5.69 Å². The molecule has 0 saturated carbocycles. The van der Waals surface area contributed by atoms with Crippen LogP contribution in [-0.4, -0.2) is 69.3 Å². The second-order valence-corrected chi connectivity index (χ2v) is 10.9. The van der Waals surface area contributed by atoms with Crippen LogP contribution in [0.25, 0.3) is 5.69 Å². The molecule has 28 heavy (non-hydrogen) atoms. The van der Waals surface area contributed by atoms with E-state index >= 15 is 0 Å². The lowest BCUT2D eigenvalue weighted by Gasteiger charge is -2.26. The Hall–Kier alpha value is -1.94. The minimum atomic E-state index is -3.04. The average molecular weight is 424 g/mol. The molecule has 2 atom stereocenters. The number of hydrogen-bond acceptors (Lipinski definition) is 7. The maximum Gasteiger partial charge on any atom is 0.235 e. The van der Waals surface area contributed by atoms with E-state index in [1.807, 2.05) is 24.3 Å². The van der Waals surface area contributed by atoms with Crippen LogP contribution < -0.4 is 0 Å². The third-order valence-electron chi connectivity index (χ3n) is 4.98. The van der Waals surface area contributed by atoms with Gasteiger partial charge in [-0.1, -0.05) is 37.7 Å². The van der Waals surface area contributed by atoms with Gasteiger partial charge in [-0.15, -0.1) is 5.10 Å². The number of sulfone groups is 1. The lowest BCUT2D eigenvalue weighted by molar-refractivity contribution is -0.130. The number of benzene rings is 1. The summed E-state index contributed by atoms with van der Waals surface area (Å²) >= 11 is 1.26. The smallest absolute Gasteiger partial charge is 0.235 e. The zero-order valence-corrected chi connectivity index (χ0v) is 18.1. The molecule has 10 heteroatoms. The summed E-state index contributed by atoms with van der Waals surface area (Å²) in [7, 11) is -1.37. The molecule has 0 N–H and O–H groups in total. The Morgan fingerprint density at radius 1 is 1.25 bits per heavy atom. The molecule has 1 aliphatic heterocycles. The molecule has 0 bridgehead atoms. The van der Waals surface area contributed by atoms with Gasteiger partial charge in [-0.05, 0) is 47.4 Å². The molecule has 2 heterocycles. The van der Waals surface area contributed by atoms with Crippen molar-refractivity contribution < 1.29 is 13.2 Å². The Balaban J connectivity index is 1.70. The first-order chi connectivity index (χ1) is 13.2. The van der Waals surface area contributed by atoms with Crippen LogP contribution in [-0.2, 0) is 14.6 Å². The zero-order chi connectivity index (χ0) is 20.5. The van der Waals surface area contributed by atoms with Crippen molar-refractivity contribution >= 4 is 27.5 Å². The largest absolute Gasteiger partial charge is 0.341 e. The molecular weight excluding hydrogens is 398 g/mol. The fourth-order valence-corrected chi connectivity index (χ4v) is 5.85. The molecule has 1 aliphatic rings. The molecule has 0 radical (unpaired) electrons. The first kappa shape index (κ1) is 20.8. The van der Waals surface area contributed by atoms with E-state index in [-0.39, 0.29) is 23.5 Å². The molecular formula is C18H25N5O3S2. The molecule has 0 spiro atoms. The maximum atomic E-state index is 12.8. The number of carbonyl (C=O) groups excluding carboxylic acids is 1. The van der Waals surface area contributed by atoms with Gasteiger partial charge < -0.3 is 4.90 Å². The van der Waals surface area contributed by atoms with Gasteiger partial charge in [0.2, 0.25) is 11.1 Å². The monoisotopic (exact) mass is 423 g/mol. The molecule has 3 rings (SSSR count). The Kier molecular flexibility index (Phi) is 6.09. The Labute approximate surface area is 169 Å². The lowest BCUT2D eigenvalue weighted by Crippen LogP contribution is -2.41. The van der Waals surface area contributed by atoms with Gasteiger partial charge in [-0.2, -0.15) is 4.68 Å². The highest BCUT2D eigenvalue weighted by Crippen LogP contribution is 2.26. The molecule has 1 amide bonds. The van der Waals surface area contributed by atoms with E-state index in [2.05, 4.69) is 29.4 Å². The van der Waals surface area contributed by atoms with Crippen molar-refractivity contribution in [3.63, 3.8) is 0 Å². The standard InChI is InChI=1S/C18H25N5O3S2/c1-12(2)14-5-7-15(8-6-14)23-18(19-20-21-23)27-13(3)17(24)22(4)16-9-10-28(25,26)11-16/h5-8,12-13,16H,9-11H2,1-4H3/t13-,16+/m0/s1. The van der Waals surface area contributed by atoms with Crippen molar-refractivity contribution in [1.29, 1.82) is 0 Å². The molecule has 0 aliphatic carbocycles. The third kappa shape index (κ3) is 4.54. The summed E-state index contributed by atoms with van der Waals surface area (Å²) in [5.74, 6) is 0.481. The van der Waals surface area contributed by atoms with Crippen LogP contribution in [0, 0.1) is 0 Å². The number of aromatic nitrogens is 4. The second kappa shape index (κ2) is 8.20. The number of tetrazole rings is 1. The number of rotatable bonds is 6. The first-order valence-corrected chi connectivity index (χ1v) is 11.9. The molecule has 1 saturated heterocycles. The van der Waals surface area contributed by atoms with Gasteiger partial charge in [0.15, 0.2) is 9.84 Å². The van der Waals surface area contributed by atoms with E-state index in [1.54, 1.807) is 23.6 Å². The third-order valence-corrected chi connectivity index (χ3v) is 7.75. The normalized spacial score (nSPS) is 19.7. The molecule has 1 aromatic carbocycles. The highest BCUT2D eigenvalue weighted by molar-refractivity contribution is 8.00. The minimum absolute atomic E-state index is 0.0343. The predicted molar refractivity (Wildman–Crippen MR) is 108 cm³/mol. The van der Waals surface area contributed by atoms with Crippen molar-refractivity contribution in [2.45, 2.75) is 49.6 Å². The van der Waals surface area contributed by atoms with Crippen LogP contribution >= 0.6 is 11.8 Å². The molecule has 152 valence electrons. The number of amides is 1. The molecule has 1 fully saturated rings. The van der Waals surface area contributed by atoms with Gasteiger partial charge in [0, 0.05) is 13.1 Å². The second-order valence-electron chi connectivity index (χ2n) is 7.39. The first-order valence-electron chi connectivity index (χ1n) is 9.20. The number of nitrogens with zero attached hydrogens (tertiary/aromatic N) is 5. The summed E-state index contributed by atoms with van der Waals surface area (Å²) in [6.45, 7) is 6.05. The quantitative estimate of drug-likeness (QED) is 0.655. The summed E-state index contributed by atoms with van der Waals surface area (Å²) in [5, 5.41) is 11.9. The molecule has 8 nitrogen and oxygen atoms in total. The summed E-state index contributed by atoms with van der Waals surface area (Å²) in [6.07, 6.45) is 0.488. The molecule has 1 aromatic heterocycles. The average Bonchev–Trinajstić information content (AvgIpc) is 3.26. The van der Waals surface area contributed by atoms with Gasteiger partial charge in [0.05, 0.1) is 22.4 Å². The van der Waals surface area contributed by atoms with Gasteiger partial charge in [0.1, 0.15) is 0 Å². The fraction of sp³-hybridized carbons (Fsp3) is 0.556. The summed E-state index contributed by atoms with van der Waals surface area (Å²) in [4.78, 5) is 14.3. The van der Waals surface area contributed by atoms with Gasteiger partial charge >= 0.3 is 0 Å².